The van der Waals surface area contributed by atoms with E-state index in [1.807, 2.05) is 24.3 Å². The van der Waals surface area contributed by atoms with Gasteiger partial charge in [-0.3, -0.25) is 9.59 Å². The van der Waals surface area contributed by atoms with Crippen LogP contribution in [0.3, 0.4) is 0 Å². The molecule has 2 amide bonds. The molecule has 3 N–H and O–H groups in total. The first-order valence-electron chi connectivity index (χ1n) is 11.7. The lowest BCUT2D eigenvalue weighted by molar-refractivity contribution is -0.117. The van der Waals surface area contributed by atoms with Crippen LogP contribution in [0.25, 0.3) is 0 Å². The number of anilines is 1. The van der Waals surface area contributed by atoms with Gasteiger partial charge in [0, 0.05) is 23.9 Å². The summed E-state index contributed by atoms with van der Waals surface area (Å²) < 4.78 is 46.6. The number of hydrogen-bond donors (Lipinski definition) is 3. The summed E-state index contributed by atoms with van der Waals surface area (Å²) in [6.07, 6.45) is 0.301. The molecule has 0 aliphatic heterocycles. The summed E-state index contributed by atoms with van der Waals surface area (Å²) in [5, 5.41) is 5.25. The minimum atomic E-state index is -1.99. The quantitative estimate of drug-likeness (QED) is 0.334. The van der Waals surface area contributed by atoms with E-state index in [0.717, 1.165) is 28.8 Å². The van der Waals surface area contributed by atoms with Gasteiger partial charge in [-0.15, -0.1) is 0 Å². The Morgan fingerprint density at radius 1 is 0.946 bits per heavy atom. The summed E-state index contributed by atoms with van der Waals surface area (Å²) in [6, 6.07) is 17.6. The molecule has 0 saturated carbocycles. The Morgan fingerprint density at radius 3 is 2.16 bits per heavy atom. The molecule has 0 aromatic heterocycles. The highest BCUT2D eigenvalue weighted by molar-refractivity contribution is 7.79. The van der Waals surface area contributed by atoms with Crippen molar-refractivity contribution < 1.29 is 27.1 Å². The van der Waals surface area contributed by atoms with E-state index >= 15 is 0 Å². The number of amides is 2. The topological polar surface area (TPSA) is 95.5 Å². The van der Waals surface area contributed by atoms with Gasteiger partial charge in [-0.2, -0.15) is 0 Å². The van der Waals surface area contributed by atoms with Crippen molar-refractivity contribution in [2.75, 3.05) is 17.6 Å². The first kappa shape index (κ1) is 28.1. The summed E-state index contributed by atoms with van der Waals surface area (Å²) in [4.78, 5) is 25.6. The molecule has 0 aliphatic carbocycles. The van der Waals surface area contributed by atoms with Crippen LogP contribution < -0.4 is 10.6 Å². The van der Waals surface area contributed by atoms with E-state index in [0.29, 0.717) is 12.0 Å². The number of carbonyl (C=O) groups excluding carboxylic acids is 2. The molecule has 3 aromatic rings. The second kappa shape index (κ2) is 12.2. The lowest BCUT2D eigenvalue weighted by atomic mass is 9.84. The van der Waals surface area contributed by atoms with Gasteiger partial charge in [0.05, 0.1) is 11.7 Å². The van der Waals surface area contributed by atoms with Crippen molar-refractivity contribution in [1.29, 1.82) is 0 Å². The largest absolute Gasteiger partial charge is 0.351 e. The van der Waals surface area contributed by atoms with Crippen LogP contribution in [0.15, 0.2) is 66.7 Å². The molecule has 2 atom stereocenters. The normalized spacial score (nSPS) is 13.0. The van der Waals surface area contributed by atoms with Crippen LogP contribution in [0.4, 0.5) is 14.5 Å². The average molecular weight is 529 g/mol. The summed E-state index contributed by atoms with van der Waals surface area (Å²) >= 11 is -1.99. The lowest BCUT2D eigenvalue weighted by Gasteiger charge is -2.22. The van der Waals surface area contributed by atoms with E-state index in [-0.39, 0.29) is 35.2 Å². The Bertz CT molecular complexity index is 1270. The molecular formula is C28H30F2N2O4S. The molecule has 37 heavy (non-hydrogen) atoms. The average Bonchev–Trinajstić information content (AvgIpc) is 2.84. The standard InChI is InChI=1S/C28H30F2N2O4S/c1-28(2,3)21-10-8-19(9-11-21)23(27(34)32-22-12-13-24(29)25(30)17-22)16-18-4-6-20(7-5-18)26(33)31-14-15-37(35)36/h4-13,17,23H,14-16H2,1-3H3,(H,31,33)(H,32,34)(H,35,36). The highest BCUT2D eigenvalue weighted by atomic mass is 32.2. The van der Waals surface area contributed by atoms with Gasteiger partial charge >= 0.3 is 0 Å². The van der Waals surface area contributed by atoms with Crippen LogP contribution >= 0.6 is 0 Å². The van der Waals surface area contributed by atoms with Crippen molar-refractivity contribution in [2.45, 2.75) is 38.5 Å². The van der Waals surface area contributed by atoms with E-state index in [2.05, 4.69) is 31.4 Å². The molecule has 6 nitrogen and oxygen atoms in total. The predicted molar refractivity (Wildman–Crippen MR) is 141 cm³/mol. The molecule has 196 valence electrons. The number of benzene rings is 3. The molecule has 2 unspecified atom stereocenters. The fraction of sp³-hybridized carbons (Fsp3) is 0.286. The molecule has 0 saturated heterocycles. The van der Waals surface area contributed by atoms with E-state index in [1.54, 1.807) is 24.3 Å². The van der Waals surface area contributed by atoms with Crippen molar-refractivity contribution in [3.63, 3.8) is 0 Å². The zero-order valence-electron chi connectivity index (χ0n) is 20.9. The van der Waals surface area contributed by atoms with Crippen molar-refractivity contribution in [1.82, 2.24) is 5.32 Å². The van der Waals surface area contributed by atoms with Gasteiger partial charge < -0.3 is 15.2 Å². The number of halogens is 2. The Hall–Kier alpha value is -3.43. The van der Waals surface area contributed by atoms with Crippen molar-refractivity contribution in [3.05, 3.63) is 101 Å². The van der Waals surface area contributed by atoms with Crippen LogP contribution in [0.2, 0.25) is 0 Å². The van der Waals surface area contributed by atoms with Gasteiger partial charge in [-0.1, -0.05) is 57.2 Å². The van der Waals surface area contributed by atoms with Crippen LogP contribution in [0.5, 0.6) is 0 Å². The van der Waals surface area contributed by atoms with Crippen LogP contribution in [-0.2, 0) is 27.7 Å². The maximum absolute atomic E-state index is 13.7. The van der Waals surface area contributed by atoms with Gasteiger partial charge in [-0.05, 0) is 52.8 Å². The number of rotatable bonds is 9. The molecule has 3 aromatic carbocycles. The van der Waals surface area contributed by atoms with Gasteiger partial charge in [0.25, 0.3) is 5.91 Å². The Balaban J connectivity index is 1.82. The predicted octanol–water partition coefficient (Wildman–Crippen LogP) is 5.18. The SMILES string of the molecule is CC(C)(C)c1ccc(C(Cc2ccc(C(=O)NCCS(=O)O)cc2)C(=O)Nc2ccc(F)c(F)c2)cc1. The first-order chi connectivity index (χ1) is 17.4. The minimum Gasteiger partial charge on any atom is -0.351 e. The molecule has 0 aliphatic rings. The van der Waals surface area contributed by atoms with Crippen molar-refractivity contribution in [2.24, 2.45) is 0 Å². The minimum absolute atomic E-state index is 0.0629. The highest BCUT2D eigenvalue weighted by Crippen LogP contribution is 2.28. The maximum Gasteiger partial charge on any atom is 0.251 e. The Labute approximate surface area is 217 Å². The zero-order chi connectivity index (χ0) is 27.2. The second-order valence-corrected chi connectivity index (χ2v) is 10.8. The molecule has 3 rings (SSSR count). The second-order valence-electron chi connectivity index (χ2n) is 9.73. The summed E-state index contributed by atoms with van der Waals surface area (Å²) in [5.74, 6) is -3.51. The molecule has 0 heterocycles. The molecule has 0 fully saturated rings. The van der Waals surface area contributed by atoms with E-state index < -0.39 is 28.6 Å². The lowest BCUT2D eigenvalue weighted by Crippen LogP contribution is -2.27. The van der Waals surface area contributed by atoms with Crippen molar-refractivity contribution in [3.8, 4) is 0 Å². The highest BCUT2D eigenvalue weighted by Gasteiger charge is 2.23. The van der Waals surface area contributed by atoms with E-state index in [4.69, 9.17) is 4.55 Å². The Kier molecular flexibility index (Phi) is 9.29. The van der Waals surface area contributed by atoms with Gasteiger partial charge in [0.1, 0.15) is 0 Å². The monoisotopic (exact) mass is 528 g/mol. The molecule has 9 heteroatoms. The zero-order valence-corrected chi connectivity index (χ0v) is 21.7. The number of nitrogens with one attached hydrogen (secondary N) is 2. The van der Waals surface area contributed by atoms with Gasteiger partial charge in [-0.25, -0.2) is 13.0 Å². The first-order valence-corrected chi connectivity index (χ1v) is 13.0. The Morgan fingerprint density at radius 2 is 1.59 bits per heavy atom. The fourth-order valence-corrected chi connectivity index (χ4v) is 4.04. The van der Waals surface area contributed by atoms with E-state index in [1.165, 1.54) is 6.07 Å². The van der Waals surface area contributed by atoms with Crippen LogP contribution in [-0.4, -0.2) is 32.9 Å². The molecule has 0 spiro atoms. The van der Waals surface area contributed by atoms with Gasteiger partial charge in [0.2, 0.25) is 5.91 Å². The van der Waals surface area contributed by atoms with E-state index in [9.17, 15) is 22.6 Å². The summed E-state index contributed by atoms with van der Waals surface area (Å²) in [7, 11) is 0. The summed E-state index contributed by atoms with van der Waals surface area (Å²) in [6.45, 7) is 6.35. The molecule has 0 bridgehead atoms. The summed E-state index contributed by atoms with van der Waals surface area (Å²) in [5.41, 5.74) is 3.12. The number of hydrogen-bond acceptors (Lipinski definition) is 3. The molecular weight excluding hydrogens is 498 g/mol. The smallest absolute Gasteiger partial charge is 0.251 e. The fourth-order valence-electron chi connectivity index (χ4n) is 3.76. The molecule has 0 radical (unpaired) electrons. The number of carbonyl (C=O) groups is 2. The van der Waals surface area contributed by atoms with Crippen LogP contribution in [0, 0.1) is 11.6 Å². The third-order valence-electron chi connectivity index (χ3n) is 5.90. The van der Waals surface area contributed by atoms with Crippen molar-refractivity contribution >= 4 is 28.6 Å². The van der Waals surface area contributed by atoms with Gasteiger partial charge in [0.15, 0.2) is 22.7 Å². The third kappa shape index (κ3) is 8.03. The third-order valence-corrected chi connectivity index (χ3v) is 6.45. The maximum atomic E-state index is 13.7. The van der Waals surface area contributed by atoms with Crippen LogP contribution in [0.1, 0.15) is 53.7 Å².